The Hall–Kier alpha value is -1.31. The summed E-state index contributed by atoms with van der Waals surface area (Å²) in [5.74, 6) is 1.10. The van der Waals surface area contributed by atoms with Crippen LogP contribution in [0.2, 0.25) is 0 Å². The van der Waals surface area contributed by atoms with Crippen molar-refractivity contribution in [3.8, 4) is 5.75 Å². The van der Waals surface area contributed by atoms with Crippen molar-refractivity contribution in [3.63, 3.8) is 0 Å². The van der Waals surface area contributed by atoms with Crippen LogP contribution in [0.3, 0.4) is 0 Å². The monoisotopic (exact) mass is 248 g/mol. The van der Waals surface area contributed by atoms with Crippen molar-refractivity contribution >= 4 is 5.78 Å². The molecule has 0 aliphatic heterocycles. The van der Waals surface area contributed by atoms with Gasteiger partial charge in [-0.3, -0.25) is 0 Å². The first-order valence-electron chi connectivity index (χ1n) is 6.68. The third kappa shape index (κ3) is 4.52. The molecule has 2 nitrogen and oxygen atoms in total. The molecule has 0 radical (unpaired) electrons. The number of ketones is 1. The zero-order chi connectivity index (χ0) is 13.6. The van der Waals surface area contributed by atoms with E-state index in [0.717, 1.165) is 18.6 Å². The highest BCUT2D eigenvalue weighted by atomic mass is 16.5. The number of benzene rings is 1. The largest absolute Gasteiger partial charge is 0.494 e. The molecule has 2 heteroatoms. The van der Waals surface area contributed by atoms with Crippen LogP contribution in [0.5, 0.6) is 5.75 Å². The average Bonchev–Trinajstić information content (AvgIpc) is 2.35. The molecule has 0 N–H and O–H groups in total. The van der Waals surface area contributed by atoms with E-state index in [-0.39, 0.29) is 11.2 Å². The summed E-state index contributed by atoms with van der Waals surface area (Å²) in [6.07, 6.45) is 2.50. The summed E-state index contributed by atoms with van der Waals surface area (Å²) in [7, 11) is 0. The average molecular weight is 248 g/mol. The summed E-state index contributed by atoms with van der Waals surface area (Å²) in [5.41, 5.74) is 1.55. The number of carbonyl (C=O) groups excluding carboxylic acids is 1. The maximum atomic E-state index is 10.8. The molecule has 0 aliphatic carbocycles. The zero-order valence-corrected chi connectivity index (χ0v) is 12.0. The van der Waals surface area contributed by atoms with Crippen LogP contribution < -0.4 is 4.74 Å². The highest BCUT2D eigenvalue weighted by Crippen LogP contribution is 2.28. The van der Waals surface area contributed by atoms with Crippen molar-refractivity contribution in [2.45, 2.75) is 52.4 Å². The molecule has 1 aromatic carbocycles. The summed E-state index contributed by atoms with van der Waals surface area (Å²) in [5, 5.41) is 0. The van der Waals surface area contributed by atoms with Crippen LogP contribution in [0.1, 0.15) is 52.5 Å². The number of ether oxygens (including phenoxy) is 1. The molecule has 18 heavy (non-hydrogen) atoms. The summed E-state index contributed by atoms with van der Waals surface area (Å²) in [4.78, 5) is 10.8. The summed E-state index contributed by atoms with van der Waals surface area (Å²) in [6, 6.07) is 8.29. The smallest absolute Gasteiger partial charge is 0.129 e. The normalized spacial score (nSPS) is 11.3. The lowest BCUT2D eigenvalue weighted by Gasteiger charge is -2.23. The molecule has 100 valence electrons. The van der Waals surface area contributed by atoms with E-state index in [1.165, 1.54) is 5.56 Å². The highest BCUT2D eigenvalue weighted by Gasteiger charge is 2.17. The van der Waals surface area contributed by atoms with Crippen LogP contribution in [0.15, 0.2) is 24.3 Å². The topological polar surface area (TPSA) is 26.3 Å². The molecule has 0 heterocycles. The van der Waals surface area contributed by atoms with Gasteiger partial charge in [0, 0.05) is 6.42 Å². The highest BCUT2D eigenvalue weighted by molar-refractivity contribution is 5.75. The predicted molar refractivity (Wildman–Crippen MR) is 75.2 cm³/mol. The molecule has 1 rings (SSSR count). The summed E-state index contributed by atoms with van der Waals surface area (Å²) >= 11 is 0. The fourth-order valence-electron chi connectivity index (χ4n) is 1.72. The SMILES string of the molecule is CCC(C)(C)c1ccc(OCCCC(C)=O)cc1. The predicted octanol–water partition coefficient (Wildman–Crippen LogP) is 4.12. The van der Waals surface area contributed by atoms with Crippen molar-refractivity contribution in [3.05, 3.63) is 29.8 Å². The fourth-order valence-corrected chi connectivity index (χ4v) is 1.72. The van der Waals surface area contributed by atoms with Gasteiger partial charge in [0.1, 0.15) is 11.5 Å². The Morgan fingerprint density at radius 2 is 1.83 bits per heavy atom. The van der Waals surface area contributed by atoms with Gasteiger partial charge in [-0.15, -0.1) is 0 Å². The van der Waals surface area contributed by atoms with Gasteiger partial charge >= 0.3 is 0 Å². The maximum Gasteiger partial charge on any atom is 0.129 e. The molecule has 0 amide bonds. The van der Waals surface area contributed by atoms with Crippen molar-refractivity contribution in [2.75, 3.05) is 6.61 Å². The van der Waals surface area contributed by atoms with E-state index in [0.29, 0.717) is 13.0 Å². The molecule has 0 fully saturated rings. The third-order valence-electron chi connectivity index (χ3n) is 3.46. The molecular formula is C16H24O2. The lowest BCUT2D eigenvalue weighted by atomic mass is 9.82. The van der Waals surface area contributed by atoms with E-state index in [1.807, 2.05) is 12.1 Å². The Morgan fingerprint density at radius 3 is 2.33 bits per heavy atom. The van der Waals surface area contributed by atoms with Gasteiger partial charge in [-0.1, -0.05) is 32.9 Å². The van der Waals surface area contributed by atoms with E-state index in [9.17, 15) is 4.79 Å². The van der Waals surface area contributed by atoms with E-state index >= 15 is 0 Å². The second-order valence-corrected chi connectivity index (χ2v) is 5.42. The van der Waals surface area contributed by atoms with Crippen LogP contribution in [0.25, 0.3) is 0 Å². The molecule has 0 spiro atoms. The standard InChI is InChI=1S/C16H24O2/c1-5-16(3,4)14-8-10-15(11-9-14)18-12-6-7-13(2)17/h8-11H,5-7,12H2,1-4H3. The fraction of sp³-hybridized carbons (Fsp3) is 0.562. The van der Waals surface area contributed by atoms with Crippen molar-refractivity contribution < 1.29 is 9.53 Å². The van der Waals surface area contributed by atoms with Crippen LogP contribution in [-0.2, 0) is 10.2 Å². The number of rotatable bonds is 7. The van der Waals surface area contributed by atoms with Crippen molar-refractivity contribution in [2.24, 2.45) is 0 Å². The second kappa shape index (κ2) is 6.58. The van der Waals surface area contributed by atoms with Gasteiger partial charge in [0.2, 0.25) is 0 Å². The van der Waals surface area contributed by atoms with E-state index in [4.69, 9.17) is 4.74 Å². The van der Waals surface area contributed by atoms with Crippen LogP contribution >= 0.6 is 0 Å². The molecule has 0 atom stereocenters. The first-order chi connectivity index (χ1) is 8.45. The maximum absolute atomic E-state index is 10.8. The van der Waals surface area contributed by atoms with Crippen LogP contribution in [0.4, 0.5) is 0 Å². The molecule has 1 aromatic rings. The third-order valence-corrected chi connectivity index (χ3v) is 3.46. The molecule has 0 aliphatic rings. The van der Waals surface area contributed by atoms with Gasteiger partial charge in [0.15, 0.2) is 0 Å². The Bertz CT molecular complexity index is 377. The van der Waals surface area contributed by atoms with Crippen LogP contribution in [-0.4, -0.2) is 12.4 Å². The van der Waals surface area contributed by atoms with Gasteiger partial charge in [-0.25, -0.2) is 0 Å². The Balaban J connectivity index is 2.48. The summed E-state index contributed by atoms with van der Waals surface area (Å²) in [6.45, 7) is 8.91. The van der Waals surface area contributed by atoms with Gasteiger partial charge in [-0.2, -0.15) is 0 Å². The second-order valence-electron chi connectivity index (χ2n) is 5.42. The van der Waals surface area contributed by atoms with Gasteiger partial charge < -0.3 is 9.53 Å². The van der Waals surface area contributed by atoms with E-state index in [2.05, 4.69) is 32.9 Å². The molecule has 0 bridgehead atoms. The minimum absolute atomic E-state index is 0.215. The summed E-state index contributed by atoms with van der Waals surface area (Å²) < 4.78 is 5.61. The number of hydrogen-bond donors (Lipinski definition) is 0. The number of carbonyl (C=O) groups is 1. The van der Waals surface area contributed by atoms with Crippen molar-refractivity contribution in [1.82, 2.24) is 0 Å². The first kappa shape index (κ1) is 14.7. The number of Topliss-reactive ketones (excluding diaryl/α,β-unsaturated/α-hetero) is 1. The Labute approximate surface area is 110 Å². The van der Waals surface area contributed by atoms with E-state index in [1.54, 1.807) is 6.92 Å². The minimum atomic E-state index is 0.215. The van der Waals surface area contributed by atoms with Gasteiger partial charge in [-0.05, 0) is 42.9 Å². The van der Waals surface area contributed by atoms with Gasteiger partial charge in [0.25, 0.3) is 0 Å². The Morgan fingerprint density at radius 1 is 1.22 bits per heavy atom. The first-order valence-corrected chi connectivity index (χ1v) is 6.68. The molecule has 0 saturated heterocycles. The van der Waals surface area contributed by atoms with E-state index < -0.39 is 0 Å². The lowest BCUT2D eigenvalue weighted by molar-refractivity contribution is -0.117. The van der Waals surface area contributed by atoms with Crippen molar-refractivity contribution in [1.29, 1.82) is 0 Å². The molecule has 0 saturated carbocycles. The molecule has 0 unspecified atom stereocenters. The quantitative estimate of drug-likeness (QED) is 0.678. The minimum Gasteiger partial charge on any atom is -0.494 e. The molecular weight excluding hydrogens is 224 g/mol. The Kier molecular flexibility index (Phi) is 5.39. The van der Waals surface area contributed by atoms with Gasteiger partial charge in [0.05, 0.1) is 6.61 Å². The zero-order valence-electron chi connectivity index (χ0n) is 12.0. The number of hydrogen-bond acceptors (Lipinski definition) is 2. The van der Waals surface area contributed by atoms with Crippen LogP contribution in [0, 0.1) is 0 Å². The molecule has 0 aromatic heterocycles. The lowest BCUT2D eigenvalue weighted by Crippen LogP contribution is -2.15.